The molecule has 5 rings (SSSR count). The van der Waals surface area contributed by atoms with Gasteiger partial charge in [-0.2, -0.15) is 0 Å². The van der Waals surface area contributed by atoms with E-state index in [2.05, 4.69) is 34.1 Å². The van der Waals surface area contributed by atoms with Gasteiger partial charge in [0.15, 0.2) is 0 Å². The van der Waals surface area contributed by atoms with Crippen LogP contribution in [0.4, 0.5) is 4.39 Å². The lowest BCUT2D eigenvalue weighted by Gasteiger charge is -2.35. The van der Waals surface area contributed by atoms with Crippen molar-refractivity contribution in [2.24, 2.45) is 5.92 Å². The molecular weight excluding hydrogens is 339 g/mol. The van der Waals surface area contributed by atoms with Gasteiger partial charge in [-0.1, -0.05) is 24.3 Å². The standard InChI is InChI=1S/C23H27FN2O/c1-27-21-9-3-17(4-10-21)14-25-15-19-13-22(18-5-7-20(24)8-6-18)26-12-2-11-23(19,26)16-25/h3-10,19,22H,2,11-16H2,1H3. The Hall–Kier alpha value is -1.91. The highest BCUT2D eigenvalue weighted by Crippen LogP contribution is 2.55. The van der Waals surface area contributed by atoms with Gasteiger partial charge in [0.25, 0.3) is 0 Å². The first-order valence-electron chi connectivity index (χ1n) is 10.1. The Balaban J connectivity index is 1.33. The predicted molar refractivity (Wildman–Crippen MR) is 104 cm³/mol. The summed E-state index contributed by atoms with van der Waals surface area (Å²) in [5.74, 6) is 1.49. The number of rotatable bonds is 4. The van der Waals surface area contributed by atoms with Gasteiger partial charge in [0.2, 0.25) is 0 Å². The molecular formula is C23H27FN2O. The van der Waals surface area contributed by atoms with Crippen molar-refractivity contribution in [3.63, 3.8) is 0 Å². The minimum Gasteiger partial charge on any atom is -0.497 e. The van der Waals surface area contributed by atoms with Crippen LogP contribution in [0.2, 0.25) is 0 Å². The van der Waals surface area contributed by atoms with Crippen LogP contribution in [0.3, 0.4) is 0 Å². The van der Waals surface area contributed by atoms with Crippen molar-refractivity contribution in [1.29, 1.82) is 0 Å². The highest BCUT2D eigenvalue weighted by Gasteiger charge is 2.59. The van der Waals surface area contributed by atoms with Crippen molar-refractivity contribution in [2.45, 2.75) is 37.4 Å². The molecule has 2 aromatic carbocycles. The molecule has 3 aliphatic rings. The number of halogens is 1. The number of hydrogen-bond acceptors (Lipinski definition) is 3. The maximum absolute atomic E-state index is 13.3. The first kappa shape index (κ1) is 17.2. The molecule has 0 radical (unpaired) electrons. The zero-order chi connectivity index (χ0) is 18.4. The molecule has 0 aromatic heterocycles. The zero-order valence-electron chi connectivity index (χ0n) is 15.9. The van der Waals surface area contributed by atoms with E-state index in [4.69, 9.17) is 4.74 Å². The molecule has 3 aliphatic heterocycles. The van der Waals surface area contributed by atoms with Crippen LogP contribution in [0.15, 0.2) is 48.5 Å². The Labute approximate surface area is 160 Å². The van der Waals surface area contributed by atoms with E-state index in [0.29, 0.717) is 17.5 Å². The molecule has 0 N–H and O–H groups in total. The first-order chi connectivity index (χ1) is 13.2. The molecule has 3 atom stereocenters. The van der Waals surface area contributed by atoms with E-state index >= 15 is 0 Å². The largest absolute Gasteiger partial charge is 0.497 e. The van der Waals surface area contributed by atoms with Gasteiger partial charge in [-0.25, -0.2) is 4.39 Å². The van der Waals surface area contributed by atoms with Crippen molar-refractivity contribution < 1.29 is 9.13 Å². The third kappa shape index (κ3) is 2.86. The van der Waals surface area contributed by atoms with Crippen LogP contribution < -0.4 is 4.74 Å². The molecule has 1 spiro atoms. The summed E-state index contributed by atoms with van der Waals surface area (Å²) >= 11 is 0. The highest BCUT2D eigenvalue weighted by atomic mass is 19.1. The molecule has 3 heterocycles. The molecule has 3 unspecified atom stereocenters. The van der Waals surface area contributed by atoms with Gasteiger partial charge in [0.1, 0.15) is 11.6 Å². The van der Waals surface area contributed by atoms with Crippen LogP contribution in [0.5, 0.6) is 5.75 Å². The van der Waals surface area contributed by atoms with Gasteiger partial charge in [-0.05, 0) is 67.1 Å². The maximum Gasteiger partial charge on any atom is 0.123 e. The van der Waals surface area contributed by atoms with Gasteiger partial charge in [0.05, 0.1) is 7.11 Å². The molecule has 0 bridgehead atoms. The van der Waals surface area contributed by atoms with Crippen molar-refractivity contribution >= 4 is 0 Å². The Morgan fingerprint density at radius 3 is 2.63 bits per heavy atom. The number of likely N-dealkylation sites (tertiary alicyclic amines) is 1. The summed E-state index contributed by atoms with van der Waals surface area (Å²) in [7, 11) is 1.71. The summed E-state index contributed by atoms with van der Waals surface area (Å²) in [6, 6.07) is 16.1. The number of nitrogens with zero attached hydrogens (tertiary/aromatic N) is 2. The molecule has 3 nitrogen and oxygen atoms in total. The lowest BCUT2D eigenvalue weighted by Crippen LogP contribution is -2.45. The maximum atomic E-state index is 13.3. The SMILES string of the molecule is COc1ccc(CN2CC3CC(c4ccc(F)cc4)N4CCCC34C2)cc1. The Kier molecular flexibility index (Phi) is 4.21. The molecule has 0 aliphatic carbocycles. The van der Waals surface area contributed by atoms with Gasteiger partial charge < -0.3 is 4.74 Å². The topological polar surface area (TPSA) is 15.7 Å². The summed E-state index contributed by atoms with van der Waals surface area (Å²) < 4.78 is 18.6. The van der Waals surface area contributed by atoms with E-state index in [-0.39, 0.29) is 5.82 Å². The number of methoxy groups -OCH3 is 1. The molecule has 27 heavy (non-hydrogen) atoms. The third-order valence-corrected chi connectivity index (χ3v) is 7.02. The average Bonchev–Trinajstić information content (AvgIpc) is 3.31. The van der Waals surface area contributed by atoms with Crippen LogP contribution in [-0.4, -0.2) is 42.1 Å². The second kappa shape index (κ2) is 6.61. The van der Waals surface area contributed by atoms with Crippen LogP contribution >= 0.6 is 0 Å². The number of ether oxygens (including phenoxy) is 1. The van der Waals surface area contributed by atoms with E-state index in [1.54, 1.807) is 19.2 Å². The fraction of sp³-hybridized carbons (Fsp3) is 0.478. The van der Waals surface area contributed by atoms with Crippen LogP contribution in [0.25, 0.3) is 0 Å². The molecule has 4 heteroatoms. The van der Waals surface area contributed by atoms with Crippen molar-refractivity contribution in [3.05, 3.63) is 65.5 Å². The molecule has 142 valence electrons. The monoisotopic (exact) mass is 366 g/mol. The molecule has 3 saturated heterocycles. The van der Waals surface area contributed by atoms with Crippen molar-refractivity contribution in [2.75, 3.05) is 26.7 Å². The fourth-order valence-corrected chi connectivity index (χ4v) is 5.86. The van der Waals surface area contributed by atoms with Crippen molar-refractivity contribution in [3.8, 4) is 5.75 Å². The lowest BCUT2D eigenvalue weighted by atomic mass is 9.86. The smallest absolute Gasteiger partial charge is 0.123 e. The van der Waals surface area contributed by atoms with E-state index < -0.39 is 0 Å². The van der Waals surface area contributed by atoms with Gasteiger partial charge in [-0.3, -0.25) is 9.80 Å². The fourth-order valence-electron chi connectivity index (χ4n) is 5.86. The van der Waals surface area contributed by atoms with Gasteiger partial charge in [0, 0.05) is 31.2 Å². The van der Waals surface area contributed by atoms with E-state index in [1.165, 1.54) is 43.5 Å². The zero-order valence-corrected chi connectivity index (χ0v) is 15.9. The highest BCUT2D eigenvalue weighted by molar-refractivity contribution is 5.29. The Bertz CT molecular complexity index is 806. The Morgan fingerprint density at radius 1 is 1.11 bits per heavy atom. The molecule has 0 saturated carbocycles. The average molecular weight is 366 g/mol. The predicted octanol–water partition coefficient (Wildman–Crippen LogP) is 4.25. The van der Waals surface area contributed by atoms with E-state index in [9.17, 15) is 4.39 Å². The van der Waals surface area contributed by atoms with Crippen molar-refractivity contribution in [1.82, 2.24) is 9.80 Å². The van der Waals surface area contributed by atoms with Crippen LogP contribution in [0, 0.1) is 11.7 Å². The number of benzene rings is 2. The van der Waals surface area contributed by atoms with Gasteiger partial charge in [-0.15, -0.1) is 0 Å². The summed E-state index contributed by atoms with van der Waals surface area (Å²) in [5, 5.41) is 0. The lowest BCUT2D eigenvalue weighted by molar-refractivity contribution is 0.131. The number of hydrogen-bond donors (Lipinski definition) is 0. The molecule has 0 amide bonds. The molecule has 2 aromatic rings. The quantitative estimate of drug-likeness (QED) is 0.805. The van der Waals surface area contributed by atoms with Crippen LogP contribution in [-0.2, 0) is 6.54 Å². The van der Waals surface area contributed by atoms with Crippen LogP contribution in [0.1, 0.15) is 36.4 Å². The normalized spacial score (nSPS) is 30.4. The summed E-state index contributed by atoms with van der Waals surface area (Å²) in [6.45, 7) is 4.51. The second-order valence-electron chi connectivity index (χ2n) is 8.42. The molecule has 3 fully saturated rings. The first-order valence-corrected chi connectivity index (χ1v) is 10.1. The summed E-state index contributed by atoms with van der Waals surface area (Å²) in [6.07, 6.45) is 3.78. The summed E-state index contributed by atoms with van der Waals surface area (Å²) in [4.78, 5) is 5.38. The Morgan fingerprint density at radius 2 is 1.89 bits per heavy atom. The van der Waals surface area contributed by atoms with E-state index in [1.807, 2.05) is 12.1 Å². The van der Waals surface area contributed by atoms with Gasteiger partial charge >= 0.3 is 0 Å². The van der Waals surface area contributed by atoms with E-state index in [0.717, 1.165) is 18.8 Å². The minimum atomic E-state index is -0.140. The second-order valence-corrected chi connectivity index (χ2v) is 8.42. The third-order valence-electron chi connectivity index (χ3n) is 7.02. The minimum absolute atomic E-state index is 0.140. The summed E-state index contributed by atoms with van der Waals surface area (Å²) in [5.41, 5.74) is 2.96.